The number of carbonyl (C=O) groups excluding carboxylic acids is 1. The van der Waals surface area contributed by atoms with Crippen molar-refractivity contribution in [2.24, 2.45) is 0 Å². The highest BCUT2D eigenvalue weighted by molar-refractivity contribution is 7.22. The average molecular weight is 479 g/mol. The molecule has 10 heteroatoms. The Labute approximate surface area is 200 Å². The van der Waals surface area contributed by atoms with Crippen LogP contribution >= 0.6 is 11.3 Å². The summed E-state index contributed by atoms with van der Waals surface area (Å²) in [6, 6.07) is 12.8. The summed E-state index contributed by atoms with van der Waals surface area (Å²) in [5, 5.41) is 0.584. The maximum Gasteiger partial charge on any atom is 0.265 e. The summed E-state index contributed by atoms with van der Waals surface area (Å²) in [5.74, 6) is 2.61. The molecule has 4 aromatic rings. The molecule has 9 nitrogen and oxygen atoms in total. The predicted molar refractivity (Wildman–Crippen MR) is 130 cm³/mol. The first kappa shape index (κ1) is 21.8. The lowest BCUT2D eigenvalue weighted by atomic mass is 10.1. The number of benzene rings is 2. The summed E-state index contributed by atoms with van der Waals surface area (Å²) in [6.45, 7) is 0.207. The number of ether oxygens (including phenoxy) is 4. The van der Waals surface area contributed by atoms with E-state index in [1.165, 1.54) is 11.3 Å². The zero-order chi connectivity index (χ0) is 23.8. The molecule has 1 aliphatic heterocycles. The lowest BCUT2D eigenvalue weighted by Crippen LogP contribution is -2.45. The Kier molecular flexibility index (Phi) is 5.58. The third-order valence-corrected chi connectivity index (χ3v) is 6.62. The van der Waals surface area contributed by atoms with E-state index in [2.05, 4.69) is 4.98 Å². The molecule has 0 aliphatic carbocycles. The molecule has 1 aliphatic rings. The zero-order valence-corrected chi connectivity index (χ0v) is 19.9. The van der Waals surface area contributed by atoms with Crippen LogP contribution in [-0.2, 0) is 0 Å². The number of fused-ring (bicyclic) bond motifs is 2. The Morgan fingerprint density at radius 2 is 1.68 bits per heavy atom. The van der Waals surface area contributed by atoms with Crippen molar-refractivity contribution in [3.63, 3.8) is 0 Å². The van der Waals surface area contributed by atoms with Gasteiger partial charge in [-0.05, 0) is 30.3 Å². The number of carbonyl (C=O) groups is 1. The van der Waals surface area contributed by atoms with Crippen LogP contribution in [0.5, 0.6) is 23.0 Å². The number of methoxy groups -OCH3 is 4. The number of amides is 1. The van der Waals surface area contributed by atoms with Gasteiger partial charge in [0.1, 0.15) is 18.2 Å². The second-order valence-electron chi connectivity index (χ2n) is 7.39. The summed E-state index contributed by atoms with van der Waals surface area (Å²) < 4.78 is 22.8. The van der Waals surface area contributed by atoms with Crippen LogP contribution in [0.1, 0.15) is 10.4 Å². The minimum atomic E-state index is -0.169. The van der Waals surface area contributed by atoms with Crippen molar-refractivity contribution in [3.8, 4) is 23.0 Å². The minimum absolute atomic E-state index is 0.169. The van der Waals surface area contributed by atoms with Gasteiger partial charge in [0.15, 0.2) is 16.6 Å². The first-order chi connectivity index (χ1) is 16.6. The van der Waals surface area contributed by atoms with Gasteiger partial charge in [0.05, 0.1) is 49.9 Å². The summed E-state index contributed by atoms with van der Waals surface area (Å²) in [6.07, 6.45) is 1.66. The fourth-order valence-corrected chi connectivity index (χ4v) is 4.89. The first-order valence-electron chi connectivity index (χ1n) is 10.4. The topological polar surface area (TPSA) is 86.2 Å². The number of hydrogen-bond donors (Lipinski definition) is 0. The van der Waals surface area contributed by atoms with E-state index in [1.54, 1.807) is 51.7 Å². The van der Waals surface area contributed by atoms with Crippen molar-refractivity contribution < 1.29 is 23.7 Å². The van der Waals surface area contributed by atoms with Crippen molar-refractivity contribution in [1.82, 2.24) is 9.97 Å². The molecule has 0 fully saturated rings. The van der Waals surface area contributed by atoms with Crippen LogP contribution in [0.3, 0.4) is 0 Å². The van der Waals surface area contributed by atoms with E-state index in [4.69, 9.17) is 23.9 Å². The number of aromatic nitrogens is 2. The Morgan fingerprint density at radius 1 is 0.912 bits per heavy atom. The molecule has 0 spiro atoms. The average Bonchev–Trinajstić information content (AvgIpc) is 3.31. The summed E-state index contributed by atoms with van der Waals surface area (Å²) >= 11 is 1.43. The van der Waals surface area contributed by atoms with E-state index in [9.17, 15) is 4.79 Å². The maximum atomic E-state index is 13.5. The monoisotopic (exact) mass is 478 g/mol. The normalized spacial score (nSPS) is 13.1. The van der Waals surface area contributed by atoms with Gasteiger partial charge in [-0.25, -0.2) is 9.97 Å². The third-order valence-electron chi connectivity index (χ3n) is 5.58. The number of nitrogens with zero attached hydrogens (tertiary/aromatic N) is 4. The summed E-state index contributed by atoms with van der Waals surface area (Å²) in [7, 11) is 6.31. The number of anilines is 3. The lowest BCUT2D eigenvalue weighted by Gasteiger charge is -2.36. The second kappa shape index (κ2) is 8.71. The van der Waals surface area contributed by atoms with Crippen LogP contribution in [0, 0.1) is 0 Å². The highest BCUT2D eigenvalue weighted by atomic mass is 32.1. The zero-order valence-electron chi connectivity index (χ0n) is 19.1. The van der Waals surface area contributed by atoms with Crippen molar-refractivity contribution in [2.45, 2.75) is 0 Å². The molecule has 0 bridgehead atoms. The maximum absolute atomic E-state index is 13.5. The van der Waals surface area contributed by atoms with Gasteiger partial charge in [0, 0.05) is 18.3 Å². The Bertz CT molecular complexity index is 1360. The second-order valence-corrected chi connectivity index (χ2v) is 8.40. The highest BCUT2D eigenvalue weighted by Crippen LogP contribution is 2.44. The number of rotatable bonds is 6. The molecular weight excluding hydrogens is 456 g/mol. The van der Waals surface area contributed by atoms with E-state index >= 15 is 0 Å². The molecule has 2 aromatic heterocycles. The van der Waals surface area contributed by atoms with Crippen LogP contribution in [-0.4, -0.2) is 51.0 Å². The first-order valence-corrected chi connectivity index (χ1v) is 11.2. The van der Waals surface area contributed by atoms with Crippen LogP contribution < -0.4 is 28.7 Å². The Hall–Kier alpha value is -4.05. The van der Waals surface area contributed by atoms with Crippen LogP contribution in [0.4, 0.5) is 16.6 Å². The summed E-state index contributed by atoms with van der Waals surface area (Å²) in [5.41, 5.74) is 2.00. The molecule has 0 atom stereocenters. The number of pyridine rings is 1. The van der Waals surface area contributed by atoms with E-state index in [0.717, 1.165) is 21.7 Å². The van der Waals surface area contributed by atoms with Crippen molar-refractivity contribution in [1.29, 1.82) is 0 Å². The minimum Gasteiger partial charge on any atom is -0.497 e. The van der Waals surface area contributed by atoms with Crippen molar-refractivity contribution in [3.05, 3.63) is 54.2 Å². The molecule has 0 radical (unpaired) electrons. The smallest absolute Gasteiger partial charge is 0.265 e. The number of thiazole rings is 1. The van der Waals surface area contributed by atoms with Crippen molar-refractivity contribution >= 4 is 44.1 Å². The van der Waals surface area contributed by atoms with Gasteiger partial charge in [-0.1, -0.05) is 11.3 Å². The van der Waals surface area contributed by atoms with E-state index in [0.29, 0.717) is 33.8 Å². The van der Waals surface area contributed by atoms with Crippen LogP contribution in [0.2, 0.25) is 0 Å². The molecule has 0 saturated heterocycles. The molecule has 0 unspecified atom stereocenters. The Balaban J connectivity index is 1.63. The SMILES string of the molecule is COc1ccc2nc(N3CN(c4cc(OC)c(OC)c(OC)c4)c4ncccc4C3=O)sc2c1. The molecule has 174 valence electrons. The predicted octanol–water partition coefficient (Wildman–Crippen LogP) is 4.48. The quantitative estimate of drug-likeness (QED) is 0.401. The molecule has 1 amide bonds. The summed E-state index contributed by atoms with van der Waals surface area (Å²) in [4.78, 5) is 26.3. The van der Waals surface area contributed by atoms with Crippen LogP contribution in [0.15, 0.2) is 48.7 Å². The van der Waals surface area contributed by atoms with E-state index < -0.39 is 0 Å². The van der Waals surface area contributed by atoms with Gasteiger partial charge in [-0.3, -0.25) is 9.69 Å². The van der Waals surface area contributed by atoms with Gasteiger partial charge in [-0.2, -0.15) is 0 Å². The molecule has 2 aromatic carbocycles. The molecule has 3 heterocycles. The molecular formula is C24H22N4O5S. The third kappa shape index (κ3) is 3.52. The lowest BCUT2D eigenvalue weighted by molar-refractivity contribution is 0.0983. The van der Waals surface area contributed by atoms with Gasteiger partial charge in [-0.15, -0.1) is 0 Å². The standard InChI is InChI=1S/C24H22N4O5S/c1-30-15-7-8-17-20(12-15)34-24(26-17)28-13-27(22-16(23(28)29)6-5-9-25-22)14-10-18(31-2)21(33-4)19(11-14)32-3/h5-12H,13H2,1-4H3. The molecule has 0 N–H and O–H groups in total. The fourth-order valence-electron chi connectivity index (χ4n) is 3.91. The fraction of sp³-hybridized carbons (Fsp3) is 0.208. The van der Waals surface area contributed by atoms with Gasteiger partial charge in [0.2, 0.25) is 5.75 Å². The van der Waals surface area contributed by atoms with E-state index in [1.807, 2.05) is 35.2 Å². The molecule has 34 heavy (non-hydrogen) atoms. The van der Waals surface area contributed by atoms with Gasteiger partial charge in [0.25, 0.3) is 5.91 Å². The number of hydrogen-bond acceptors (Lipinski definition) is 9. The van der Waals surface area contributed by atoms with Gasteiger partial charge < -0.3 is 23.8 Å². The van der Waals surface area contributed by atoms with E-state index in [-0.39, 0.29) is 12.6 Å². The largest absolute Gasteiger partial charge is 0.497 e. The van der Waals surface area contributed by atoms with Crippen LogP contribution in [0.25, 0.3) is 10.2 Å². The van der Waals surface area contributed by atoms with Crippen molar-refractivity contribution in [2.75, 3.05) is 44.9 Å². The highest BCUT2D eigenvalue weighted by Gasteiger charge is 2.34. The molecule has 5 rings (SSSR count). The molecule has 0 saturated carbocycles. The Morgan fingerprint density at radius 3 is 2.35 bits per heavy atom. The van der Waals surface area contributed by atoms with Gasteiger partial charge >= 0.3 is 0 Å².